The van der Waals surface area contributed by atoms with Crippen LogP contribution in [0.5, 0.6) is 5.75 Å². The normalized spacial score (nSPS) is 9.96. The summed E-state index contributed by atoms with van der Waals surface area (Å²) in [4.78, 5) is 0. The Labute approximate surface area is 156 Å². The number of hydrazine groups is 1. The zero-order valence-corrected chi connectivity index (χ0v) is 15.4. The smallest absolute Gasteiger partial charge is 0.189 e. The van der Waals surface area contributed by atoms with E-state index in [-0.39, 0.29) is 0 Å². The largest absolute Gasteiger partial charge is 0.494 e. The summed E-state index contributed by atoms with van der Waals surface area (Å²) < 4.78 is 5.39. The fourth-order valence-corrected chi connectivity index (χ4v) is 2.46. The Morgan fingerprint density at radius 3 is 2.50 bits per heavy atom. The highest BCUT2D eigenvalue weighted by Gasteiger charge is 2.06. The molecule has 0 spiro atoms. The molecule has 2 aromatic carbocycles. The van der Waals surface area contributed by atoms with Crippen molar-refractivity contribution < 1.29 is 4.74 Å². The summed E-state index contributed by atoms with van der Waals surface area (Å²) in [5.74, 6) is 0.809. The quantitative estimate of drug-likeness (QED) is 0.492. The highest BCUT2D eigenvalue weighted by Crippen LogP contribution is 2.24. The summed E-state index contributed by atoms with van der Waals surface area (Å²) in [5, 5.41) is 4.56. The van der Waals surface area contributed by atoms with Crippen LogP contribution in [0.25, 0.3) is 5.70 Å². The Balaban J connectivity index is 1.88. The first kappa shape index (κ1) is 18.4. The van der Waals surface area contributed by atoms with Gasteiger partial charge in [-0.05, 0) is 61.6 Å². The molecule has 0 unspecified atom stereocenters. The van der Waals surface area contributed by atoms with Gasteiger partial charge in [0.25, 0.3) is 0 Å². The van der Waals surface area contributed by atoms with E-state index in [1.165, 1.54) is 0 Å². The van der Waals surface area contributed by atoms with Gasteiger partial charge in [0.15, 0.2) is 5.11 Å². The lowest BCUT2D eigenvalue weighted by molar-refractivity contribution is 0.340. The molecule has 0 saturated heterocycles. The predicted octanol–water partition coefficient (Wildman–Crippen LogP) is 4.85. The van der Waals surface area contributed by atoms with Gasteiger partial charge >= 0.3 is 0 Å². The first-order valence-electron chi connectivity index (χ1n) is 7.19. The third-order valence-electron chi connectivity index (χ3n) is 3.00. The van der Waals surface area contributed by atoms with E-state index in [1.807, 2.05) is 31.2 Å². The fraction of sp³-hybridized carbons (Fsp3) is 0.118. The van der Waals surface area contributed by atoms with Gasteiger partial charge in [0.2, 0.25) is 0 Å². The van der Waals surface area contributed by atoms with Crippen LogP contribution in [0.15, 0.2) is 49.0 Å². The monoisotopic (exact) mass is 381 g/mol. The van der Waals surface area contributed by atoms with Gasteiger partial charge in [-0.2, -0.15) is 0 Å². The van der Waals surface area contributed by atoms with Crippen molar-refractivity contribution in [2.45, 2.75) is 6.92 Å². The van der Waals surface area contributed by atoms with Gasteiger partial charge in [-0.3, -0.25) is 10.9 Å². The first-order chi connectivity index (χ1) is 11.5. The van der Waals surface area contributed by atoms with E-state index in [1.54, 1.807) is 18.2 Å². The molecule has 0 heterocycles. The lowest BCUT2D eigenvalue weighted by Gasteiger charge is -2.15. The van der Waals surface area contributed by atoms with E-state index in [2.05, 4.69) is 22.7 Å². The van der Waals surface area contributed by atoms with Gasteiger partial charge in [-0.15, -0.1) is 0 Å². The number of anilines is 1. The minimum absolute atomic E-state index is 0.387. The molecule has 0 amide bonds. The van der Waals surface area contributed by atoms with Crippen molar-refractivity contribution in [3.63, 3.8) is 0 Å². The minimum atomic E-state index is 0.387. The van der Waals surface area contributed by atoms with Crippen molar-refractivity contribution in [2.24, 2.45) is 0 Å². The lowest BCUT2D eigenvalue weighted by Crippen LogP contribution is -2.38. The second-order valence-corrected chi connectivity index (χ2v) is 6.02. The Morgan fingerprint density at radius 1 is 1.12 bits per heavy atom. The Bertz CT molecular complexity index is 735. The third kappa shape index (κ3) is 5.30. The van der Waals surface area contributed by atoms with Crippen LogP contribution in [0.2, 0.25) is 10.0 Å². The molecular formula is C17H17Cl2N3OS. The van der Waals surface area contributed by atoms with Gasteiger partial charge in [0.1, 0.15) is 5.75 Å². The van der Waals surface area contributed by atoms with Crippen molar-refractivity contribution in [3.05, 3.63) is 64.7 Å². The summed E-state index contributed by atoms with van der Waals surface area (Å²) in [6.45, 7) is 6.49. The summed E-state index contributed by atoms with van der Waals surface area (Å²) in [6.07, 6.45) is 0. The van der Waals surface area contributed by atoms with Crippen LogP contribution in [-0.4, -0.2) is 11.7 Å². The van der Waals surface area contributed by atoms with Gasteiger partial charge in [0, 0.05) is 16.3 Å². The average Bonchev–Trinajstić information content (AvgIpc) is 2.57. The van der Waals surface area contributed by atoms with Crippen molar-refractivity contribution >= 4 is 51.9 Å². The van der Waals surface area contributed by atoms with Crippen LogP contribution in [0.1, 0.15) is 12.5 Å². The van der Waals surface area contributed by atoms with Crippen LogP contribution >= 0.6 is 35.4 Å². The maximum absolute atomic E-state index is 6.13. The molecule has 0 aliphatic rings. The Kier molecular flexibility index (Phi) is 6.73. The van der Waals surface area contributed by atoms with Crippen LogP contribution in [0.3, 0.4) is 0 Å². The van der Waals surface area contributed by atoms with E-state index in [4.69, 9.17) is 40.2 Å². The minimum Gasteiger partial charge on any atom is -0.494 e. The molecule has 0 aromatic heterocycles. The number of thiocarbonyl (C=S) groups is 1. The number of halogens is 2. The molecule has 24 heavy (non-hydrogen) atoms. The van der Waals surface area contributed by atoms with E-state index < -0.39 is 0 Å². The number of rotatable bonds is 6. The average molecular weight is 382 g/mol. The molecule has 0 aliphatic heterocycles. The molecule has 0 atom stereocenters. The maximum Gasteiger partial charge on any atom is 0.189 e. The van der Waals surface area contributed by atoms with Crippen LogP contribution in [0, 0.1) is 0 Å². The van der Waals surface area contributed by atoms with Crippen molar-refractivity contribution in [3.8, 4) is 5.75 Å². The molecule has 3 N–H and O–H groups in total. The zero-order chi connectivity index (χ0) is 17.5. The molecule has 0 bridgehead atoms. The second-order valence-electron chi connectivity index (χ2n) is 4.76. The van der Waals surface area contributed by atoms with Crippen molar-refractivity contribution in [2.75, 3.05) is 11.9 Å². The van der Waals surface area contributed by atoms with Crippen molar-refractivity contribution in [1.29, 1.82) is 0 Å². The number of nitrogens with one attached hydrogen (secondary N) is 3. The van der Waals surface area contributed by atoms with Crippen LogP contribution < -0.4 is 20.9 Å². The van der Waals surface area contributed by atoms with E-state index in [0.717, 1.165) is 11.4 Å². The molecule has 0 aliphatic carbocycles. The number of ether oxygens (including phenoxy) is 1. The maximum atomic E-state index is 6.13. The topological polar surface area (TPSA) is 45.3 Å². The standard InChI is InChI=1S/C17H17Cl2N3OS/c1-3-23-14-7-5-13(6-8-14)20-17(24)22-21-11(2)15-10-12(18)4-9-16(15)19/h4-10,21H,2-3H2,1H3,(H2,20,22,24). The van der Waals surface area contributed by atoms with Crippen LogP contribution in [-0.2, 0) is 0 Å². The Hall–Kier alpha value is -1.95. The fourth-order valence-electron chi connectivity index (χ4n) is 1.89. The van der Waals surface area contributed by atoms with E-state index in [0.29, 0.717) is 33.0 Å². The molecule has 2 rings (SSSR count). The van der Waals surface area contributed by atoms with Crippen LogP contribution in [0.4, 0.5) is 5.69 Å². The van der Waals surface area contributed by atoms with Crippen molar-refractivity contribution in [1.82, 2.24) is 10.9 Å². The molecule has 0 saturated carbocycles. The highest BCUT2D eigenvalue weighted by atomic mass is 35.5. The summed E-state index contributed by atoms with van der Waals surface area (Å²) in [6, 6.07) is 12.6. The number of benzene rings is 2. The SMILES string of the molecule is C=C(NNC(=S)Nc1ccc(OCC)cc1)c1cc(Cl)ccc1Cl. The van der Waals surface area contributed by atoms with E-state index in [9.17, 15) is 0 Å². The molecule has 7 heteroatoms. The summed E-state index contributed by atoms with van der Waals surface area (Å²) in [7, 11) is 0. The first-order valence-corrected chi connectivity index (χ1v) is 8.36. The second kappa shape index (κ2) is 8.78. The van der Waals surface area contributed by atoms with Gasteiger partial charge in [0.05, 0.1) is 17.3 Å². The lowest BCUT2D eigenvalue weighted by atomic mass is 10.2. The molecule has 2 aromatic rings. The molecular weight excluding hydrogens is 365 g/mol. The highest BCUT2D eigenvalue weighted by molar-refractivity contribution is 7.80. The van der Waals surface area contributed by atoms with Gasteiger partial charge in [-0.1, -0.05) is 29.8 Å². The Morgan fingerprint density at radius 2 is 1.83 bits per heavy atom. The zero-order valence-electron chi connectivity index (χ0n) is 13.0. The molecule has 4 nitrogen and oxygen atoms in total. The molecule has 126 valence electrons. The number of hydrogen-bond acceptors (Lipinski definition) is 3. The van der Waals surface area contributed by atoms with Gasteiger partial charge < -0.3 is 10.1 Å². The predicted molar refractivity (Wildman–Crippen MR) is 106 cm³/mol. The molecule has 0 radical (unpaired) electrons. The van der Waals surface area contributed by atoms with E-state index >= 15 is 0 Å². The molecule has 0 fully saturated rings. The summed E-state index contributed by atoms with van der Waals surface area (Å²) >= 11 is 17.3. The van der Waals surface area contributed by atoms with Gasteiger partial charge in [-0.25, -0.2) is 0 Å². The number of hydrogen-bond donors (Lipinski definition) is 3. The third-order valence-corrected chi connectivity index (χ3v) is 3.77. The summed E-state index contributed by atoms with van der Waals surface area (Å²) in [5.41, 5.74) is 7.84.